The maximum absolute atomic E-state index is 10.8. The van der Waals surface area contributed by atoms with E-state index in [4.69, 9.17) is 4.74 Å². The number of ether oxygens (including phenoxy) is 1. The third-order valence-corrected chi connectivity index (χ3v) is 1.96. The highest BCUT2D eigenvalue weighted by molar-refractivity contribution is 5.86. The van der Waals surface area contributed by atoms with E-state index < -0.39 is 0 Å². The molecule has 4 nitrogen and oxygen atoms in total. The van der Waals surface area contributed by atoms with Gasteiger partial charge in [-0.1, -0.05) is 6.58 Å². The number of hydrogen-bond donors (Lipinski definition) is 2. The number of carbonyl (C=O) groups is 1. The quantitative estimate of drug-likeness (QED) is 0.588. The fraction of sp³-hybridized carbons (Fsp3) is 0.667. The summed E-state index contributed by atoms with van der Waals surface area (Å²) in [4.78, 5) is 10.8. The summed E-state index contributed by atoms with van der Waals surface area (Å²) < 4.78 is 5.45. The predicted octanol–water partition coefficient (Wildman–Crippen LogP) is -0.333. The van der Waals surface area contributed by atoms with Crippen LogP contribution in [0.4, 0.5) is 0 Å². The van der Waals surface area contributed by atoms with Gasteiger partial charge in [-0.15, -0.1) is 0 Å². The minimum atomic E-state index is -0.122. The molecule has 0 saturated carbocycles. The molecule has 1 amide bonds. The first-order chi connectivity index (χ1) is 6.33. The largest absolute Gasteiger partial charge is 0.376 e. The molecule has 2 N–H and O–H groups in total. The van der Waals surface area contributed by atoms with Crippen LogP contribution in [0.25, 0.3) is 0 Å². The van der Waals surface area contributed by atoms with E-state index in [1.54, 1.807) is 0 Å². The van der Waals surface area contributed by atoms with Gasteiger partial charge < -0.3 is 15.4 Å². The summed E-state index contributed by atoms with van der Waals surface area (Å²) in [6.07, 6.45) is 2.37. The maximum Gasteiger partial charge on any atom is 0.243 e. The van der Waals surface area contributed by atoms with Crippen LogP contribution in [0.1, 0.15) is 6.42 Å². The van der Waals surface area contributed by atoms with Gasteiger partial charge in [0.15, 0.2) is 0 Å². The molecule has 1 saturated heterocycles. The van der Waals surface area contributed by atoms with Crippen molar-refractivity contribution in [1.82, 2.24) is 10.6 Å². The highest BCUT2D eigenvalue weighted by atomic mass is 16.5. The zero-order valence-corrected chi connectivity index (χ0v) is 7.71. The Hall–Kier alpha value is -0.870. The van der Waals surface area contributed by atoms with Crippen molar-refractivity contribution in [1.29, 1.82) is 0 Å². The molecule has 1 aliphatic heterocycles. The van der Waals surface area contributed by atoms with E-state index in [0.29, 0.717) is 6.54 Å². The second-order valence-electron chi connectivity index (χ2n) is 2.98. The average Bonchev–Trinajstić information content (AvgIpc) is 2.19. The Morgan fingerprint density at radius 1 is 1.77 bits per heavy atom. The van der Waals surface area contributed by atoms with E-state index in [2.05, 4.69) is 17.2 Å². The fourth-order valence-electron chi connectivity index (χ4n) is 1.23. The summed E-state index contributed by atoms with van der Waals surface area (Å²) in [6.45, 7) is 6.59. The summed E-state index contributed by atoms with van der Waals surface area (Å²) in [7, 11) is 0. The molecule has 1 unspecified atom stereocenters. The summed E-state index contributed by atoms with van der Waals surface area (Å²) in [5.41, 5.74) is 0. The fourth-order valence-corrected chi connectivity index (χ4v) is 1.23. The highest BCUT2D eigenvalue weighted by Crippen LogP contribution is 1.99. The van der Waals surface area contributed by atoms with Crippen LogP contribution >= 0.6 is 0 Å². The van der Waals surface area contributed by atoms with Gasteiger partial charge in [-0.25, -0.2) is 0 Å². The van der Waals surface area contributed by atoms with Gasteiger partial charge in [0.05, 0.1) is 12.7 Å². The Labute approximate surface area is 78.3 Å². The Morgan fingerprint density at radius 2 is 2.62 bits per heavy atom. The second kappa shape index (κ2) is 5.72. The van der Waals surface area contributed by atoms with Crippen molar-refractivity contribution < 1.29 is 9.53 Å². The van der Waals surface area contributed by atoms with Gasteiger partial charge in [0, 0.05) is 19.6 Å². The van der Waals surface area contributed by atoms with Crippen molar-refractivity contribution in [3.05, 3.63) is 12.7 Å². The van der Waals surface area contributed by atoms with Crippen LogP contribution in [-0.2, 0) is 9.53 Å². The smallest absolute Gasteiger partial charge is 0.243 e. The van der Waals surface area contributed by atoms with Crippen LogP contribution in [-0.4, -0.2) is 38.3 Å². The van der Waals surface area contributed by atoms with Crippen LogP contribution in [0, 0.1) is 0 Å². The van der Waals surface area contributed by atoms with E-state index in [9.17, 15) is 4.79 Å². The molecule has 0 aliphatic carbocycles. The molecule has 0 radical (unpaired) electrons. The van der Waals surface area contributed by atoms with Crippen LogP contribution in [0.2, 0.25) is 0 Å². The number of carbonyl (C=O) groups excluding carboxylic acids is 1. The molecule has 0 aromatic carbocycles. The van der Waals surface area contributed by atoms with Gasteiger partial charge in [-0.2, -0.15) is 0 Å². The Kier molecular flexibility index (Phi) is 4.49. The molecule has 1 atom stereocenters. The third-order valence-electron chi connectivity index (χ3n) is 1.96. The lowest BCUT2D eigenvalue weighted by atomic mass is 10.2. The van der Waals surface area contributed by atoms with Gasteiger partial charge in [-0.05, 0) is 12.5 Å². The standard InChI is InChI=1S/C9H16N2O2/c1-2-9(12)11-4-3-8-7-10-5-6-13-8/h2,8,10H,1,3-7H2,(H,11,12). The van der Waals surface area contributed by atoms with Crippen molar-refractivity contribution >= 4 is 5.91 Å². The number of hydrogen-bond acceptors (Lipinski definition) is 3. The van der Waals surface area contributed by atoms with Crippen LogP contribution in [0.15, 0.2) is 12.7 Å². The molecule has 0 aromatic rings. The van der Waals surface area contributed by atoms with E-state index in [1.807, 2.05) is 0 Å². The second-order valence-corrected chi connectivity index (χ2v) is 2.98. The molecule has 0 aromatic heterocycles. The summed E-state index contributed by atoms with van der Waals surface area (Å²) in [5.74, 6) is -0.122. The molecule has 1 rings (SSSR count). The summed E-state index contributed by atoms with van der Waals surface area (Å²) in [6, 6.07) is 0. The maximum atomic E-state index is 10.8. The third kappa shape index (κ3) is 4.05. The van der Waals surface area contributed by atoms with Crippen molar-refractivity contribution in [2.75, 3.05) is 26.2 Å². The molecular formula is C9H16N2O2. The Bertz CT molecular complexity index is 176. The minimum absolute atomic E-state index is 0.122. The molecule has 1 heterocycles. The highest BCUT2D eigenvalue weighted by Gasteiger charge is 2.12. The molecule has 74 valence electrons. The first kappa shape index (κ1) is 10.2. The van der Waals surface area contributed by atoms with Crippen molar-refractivity contribution in [3.63, 3.8) is 0 Å². The topological polar surface area (TPSA) is 50.4 Å². The number of amides is 1. The number of nitrogens with one attached hydrogen (secondary N) is 2. The van der Waals surface area contributed by atoms with Crippen molar-refractivity contribution in [2.24, 2.45) is 0 Å². The van der Waals surface area contributed by atoms with Crippen molar-refractivity contribution in [3.8, 4) is 0 Å². The van der Waals surface area contributed by atoms with Crippen LogP contribution in [0.3, 0.4) is 0 Å². The van der Waals surface area contributed by atoms with Gasteiger partial charge in [0.2, 0.25) is 5.91 Å². The molecule has 1 fully saturated rings. The van der Waals surface area contributed by atoms with Gasteiger partial charge >= 0.3 is 0 Å². The van der Waals surface area contributed by atoms with E-state index in [-0.39, 0.29) is 12.0 Å². The van der Waals surface area contributed by atoms with Gasteiger partial charge in [0.25, 0.3) is 0 Å². The van der Waals surface area contributed by atoms with Gasteiger partial charge in [0.1, 0.15) is 0 Å². The molecule has 4 heteroatoms. The Morgan fingerprint density at radius 3 is 3.23 bits per heavy atom. The summed E-state index contributed by atoms with van der Waals surface area (Å²) in [5, 5.41) is 5.94. The molecule has 13 heavy (non-hydrogen) atoms. The average molecular weight is 184 g/mol. The zero-order valence-electron chi connectivity index (χ0n) is 7.71. The molecule has 0 bridgehead atoms. The van der Waals surface area contributed by atoms with Crippen molar-refractivity contribution in [2.45, 2.75) is 12.5 Å². The predicted molar refractivity (Wildman–Crippen MR) is 50.4 cm³/mol. The number of rotatable bonds is 4. The van der Waals surface area contributed by atoms with Crippen LogP contribution < -0.4 is 10.6 Å². The normalized spacial score (nSPS) is 22.3. The van der Waals surface area contributed by atoms with E-state index in [0.717, 1.165) is 26.1 Å². The first-order valence-corrected chi connectivity index (χ1v) is 4.55. The number of morpholine rings is 1. The lowest BCUT2D eigenvalue weighted by molar-refractivity contribution is -0.116. The monoisotopic (exact) mass is 184 g/mol. The molecular weight excluding hydrogens is 168 g/mol. The minimum Gasteiger partial charge on any atom is -0.376 e. The molecule has 0 spiro atoms. The summed E-state index contributed by atoms with van der Waals surface area (Å²) >= 11 is 0. The lowest BCUT2D eigenvalue weighted by Crippen LogP contribution is -2.40. The Balaban J connectivity index is 2.04. The van der Waals surface area contributed by atoms with Crippen LogP contribution in [0.5, 0.6) is 0 Å². The lowest BCUT2D eigenvalue weighted by Gasteiger charge is -2.23. The van der Waals surface area contributed by atoms with E-state index in [1.165, 1.54) is 6.08 Å². The van der Waals surface area contributed by atoms with E-state index >= 15 is 0 Å². The first-order valence-electron chi connectivity index (χ1n) is 4.55. The SMILES string of the molecule is C=CC(=O)NCCC1CNCCO1. The van der Waals surface area contributed by atoms with Gasteiger partial charge in [-0.3, -0.25) is 4.79 Å². The zero-order chi connectivity index (χ0) is 9.52. The molecule has 1 aliphatic rings.